The van der Waals surface area contributed by atoms with Gasteiger partial charge >= 0.3 is 0 Å². The summed E-state index contributed by atoms with van der Waals surface area (Å²) in [5.74, 6) is 0.752. The van der Waals surface area contributed by atoms with Crippen LogP contribution in [0.4, 0.5) is 0 Å². The Labute approximate surface area is 90.0 Å². The molecule has 4 nitrogen and oxygen atoms in total. The molecule has 5 heteroatoms. The lowest BCUT2D eigenvalue weighted by molar-refractivity contribution is 0.383. The molecule has 1 aromatic heterocycles. The van der Waals surface area contributed by atoms with Crippen molar-refractivity contribution in [3.63, 3.8) is 0 Å². The van der Waals surface area contributed by atoms with E-state index < -0.39 is 0 Å². The molecular formula is C9H16ClN3O. The van der Waals surface area contributed by atoms with E-state index in [1.807, 2.05) is 13.2 Å². The molecule has 0 aromatic carbocycles. The predicted octanol–water partition coefficient (Wildman–Crippen LogP) is 1.27. The van der Waals surface area contributed by atoms with Crippen LogP contribution < -0.4 is 10.1 Å². The topological polar surface area (TPSA) is 39.1 Å². The molecule has 0 bridgehead atoms. The Kier molecular flexibility index (Phi) is 3.77. The SMILES string of the molecule is COc1nn(C)cc1C1CCCN1.Cl. The maximum Gasteiger partial charge on any atom is 0.237 e. The number of halogens is 1. The first-order valence-electron chi connectivity index (χ1n) is 4.62. The second-order valence-corrected chi connectivity index (χ2v) is 3.42. The number of ether oxygens (including phenoxy) is 1. The van der Waals surface area contributed by atoms with Crippen LogP contribution in [0.2, 0.25) is 0 Å². The molecule has 1 aromatic rings. The summed E-state index contributed by atoms with van der Waals surface area (Å²) in [6.07, 6.45) is 4.45. The number of aryl methyl sites for hydroxylation is 1. The number of methoxy groups -OCH3 is 1. The minimum Gasteiger partial charge on any atom is -0.480 e. The van der Waals surface area contributed by atoms with E-state index in [0.717, 1.165) is 12.4 Å². The van der Waals surface area contributed by atoms with Crippen LogP contribution in [0.25, 0.3) is 0 Å². The molecule has 1 fully saturated rings. The van der Waals surface area contributed by atoms with E-state index >= 15 is 0 Å². The van der Waals surface area contributed by atoms with Crippen molar-refractivity contribution >= 4 is 12.4 Å². The van der Waals surface area contributed by atoms with Gasteiger partial charge in [-0.25, -0.2) is 0 Å². The summed E-state index contributed by atoms with van der Waals surface area (Å²) in [7, 11) is 3.59. The largest absolute Gasteiger partial charge is 0.480 e. The van der Waals surface area contributed by atoms with Crippen LogP contribution in [0.5, 0.6) is 5.88 Å². The van der Waals surface area contributed by atoms with Crippen molar-refractivity contribution in [2.24, 2.45) is 7.05 Å². The lowest BCUT2D eigenvalue weighted by Crippen LogP contribution is -2.12. The number of hydrogen-bond donors (Lipinski definition) is 1. The number of rotatable bonds is 2. The highest BCUT2D eigenvalue weighted by Gasteiger charge is 2.21. The van der Waals surface area contributed by atoms with Gasteiger partial charge in [0.2, 0.25) is 5.88 Å². The fourth-order valence-corrected chi connectivity index (χ4v) is 1.83. The Balaban J connectivity index is 0.000000980. The third-order valence-corrected chi connectivity index (χ3v) is 2.45. The van der Waals surface area contributed by atoms with Crippen molar-refractivity contribution in [2.45, 2.75) is 18.9 Å². The number of hydrogen-bond acceptors (Lipinski definition) is 3. The molecule has 0 radical (unpaired) electrons. The van der Waals surface area contributed by atoms with E-state index in [0.29, 0.717) is 6.04 Å². The summed E-state index contributed by atoms with van der Waals surface area (Å²) in [4.78, 5) is 0. The first-order chi connectivity index (χ1) is 6.31. The zero-order valence-corrected chi connectivity index (χ0v) is 9.30. The Morgan fingerprint density at radius 2 is 2.43 bits per heavy atom. The van der Waals surface area contributed by atoms with Gasteiger partial charge in [0.15, 0.2) is 0 Å². The predicted molar refractivity (Wildman–Crippen MR) is 57.0 cm³/mol. The van der Waals surface area contributed by atoms with Gasteiger partial charge in [-0.3, -0.25) is 4.68 Å². The van der Waals surface area contributed by atoms with Crippen LogP contribution in [0.15, 0.2) is 6.20 Å². The highest BCUT2D eigenvalue weighted by Crippen LogP contribution is 2.29. The zero-order chi connectivity index (χ0) is 9.26. The molecule has 0 spiro atoms. The van der Waals surface area contributed by atoms with Crippen LogP contribution in [0.3, 0.4) is 0 Å². The van der Waals surface area contributed by atoms with E-state index in [1.54, 1.807) is 11.8 Å². The highest BCUT2D eigenvalue weighted by atomic mass is 35.5. The molecule has 0 saturated carbocycles. The lowest BCUT2D eigenvalue weighted by Gasteiger charge is -2.08. The summed E-state index contributed by atoms with van der Waals surface area (Å²) in [6, 6.07) is 0.434. The number of nitrogens with zero attached hydrogens (tertiary/aromatic N) is 2. The molecule has 2 heterocycles. The van der Waals surface area contributed by atoms with Gasteiger partial charge in [-0.05, 0) is 19.4 Å². The summed E-state index contributed by atoms with van der Waals surface area (Å²) < 4.78 is 7.01. The van der Waals surface area contributed by atoms with Crippen molar-refractivity contribution in [3.8, 4) is 5.88 Å². The van der Waals surface area contributed by atoms with Crippen molar-refractivity contribution in [3.05, 3.63) is 11.8 Å². The summed E-state index contributed by atoms with van der Waals surface area (Å²) in [5, 5.41) is 7.66. The average Bonchev–Trinajstić information content (AvgIpc) is 2.71. The van der Waals surface area contributed by atoms with Gasteiger partial charge in [0.05, 0.1) is 12.7 Å². The summed E-state index contributed by atoms with van der Waals surface area (Å²) >= 11 is 0. The minimum absolute atomic E-state index is 0. The number of aromatic nitrogens is 2. The maximum absolute atomic E-state index is 5.21. The fourth-order valence-electron chi connectivity index (χ4n) is 1.83. The molecule has 1 aliphatic rings. The van der Waals surface area contributed by atoms with Gasteiger partial charge in [-0.1, -0.05) is 0 Å². The van der Waals surface area contributed by atoms with Gasteiger partial charge in [0, 0.05) is 19.3 Å². The molecule has 0 amide bonds. The third-order valence-electron chi connectivity index (χ3n) is 2.45. The fraction of sp³-hybridized carbons (Fsp3) is 0.667. The highest BCUT2D eigenvalue weighted by molar-refractivity contribution is 5.85. The quantitative estimate of drug-likeness (QED) is 0.811. The van der Waals surface area contributed by atoms with Gasteiger partial charge in [-0.2, -0.15) is 0 Å². The van der Waals surface area contributed by atoms with Crippen molar-refractivity contribution < 1.29 is 4.74 Å². The molecule has 1 atom stereocenters. The zero-order valence-electron chi connectivity index (χ0n) is 8.49. The maximum atomic E-state index is 5.21. The van der Waals surface area contributed by atoms with E-state index in [-0.39, 0.29) is 12.4 Å². The molecule has 1 N–H and O–H groups in total. The van der Waals surface area contributed by atoms with Crippen molar-refractivity contribution in [2.75, 3.05) is 13.7 Å². The standard InChI is InChI=1S/C9H15N3O.ClH/c1-12-6-7(9(11-12)13-2)8-4-3-5-10-8;/h6,8,10H,3-5H2,1-2H3;1H. The second-order valence-electron chi connectivity index (χ2n) is 3.42. The molecule has 1 saturated heterocycles. The van der Waals surface area contributed by atoms with Gasteiger partial charge in [0.1, 0.15) is 0 Å². The van der Waals surface area contributed by atoms with Crippen LogP contribution in [-0.4, -0.2) is 23.4 Å². The Hall–Kier alpha value is -0.740. The lowest BCUT2D eigenvalue weighted by atomic mass is 10.1. The molecule has 0 aliphatic carbocycles. The molecule has 80 valence electrons. The van der Waals surface area contributed by atoms with Crippen LogP contribution in [0, 0.1) is 0 Å². The summed E-state index contributed by atoms with van der Waals surface area (Å²) in [5.41, 5.74) is 1.18. The van der Waals surface area contributed by atoms with E-state index in [2.05, 4.69) is 10.4 Å². The van der Waals surface area contributed by atoms with E-state index in [4.69, 9.17) is 4.74 Å². The van der Waals surface area contributed by atoms with Crippen LogP contribution in [0.1, 0.15) is 24.4 Å². The number of nitrogens with one attached hydrogen (secondary N) is 1. The summed E-state index contributed by atoms with van der Waals surface area (Å²) in [6.45, 7) is 1.10. The van der Waals surface area contributed by atoms with Gasteiger partial charge in [0.25, 0.3) is 0 Å². The van der Waals surface area contributed by atoms with Gasteiger partial charge in [-0.15, -0.1) is 17.5 Å². The average molecular weight is 218 g/mol. The molecule has 2 rings (SSSR count). The van der Waals surface area contributed by atoms with E-state index in [1.165, 1.54) is 18.4 Å². The van der Waals surface area contributed by atoms with Crippen molar-refractivity contribution in [1.29, 1.82) is 0 Å². The first kappa shape index (κ1) is 11.3. The van der Waals surface area contributed by atoms with Crippen molar-refractivity contribution in [1.82, 2.24) is 15.1 Å². The second kappa shape index (κ2) is 4.66. The van der Waals surface area contributed by atoms with Gasteiger partial charge < -0.3 is 10.1 Å². The third kappa shape index (κ3) is 2.01. The Morgan fingerprint density at radius 1 is 1.64 bits per heavy atom. The van der Waals surface area contributed by atoms with Crippen LogP contribution in [-0.2, 0) is 7.05 Å². The van der Waals surface area contributed by atoms with Crippen LogP contribution >= 0.6 is 12.4 Å². The molecule has 14 heavy (non-hydrogen) atoms. The molecule has 1 aliphatic heterocycles. The Morgan fingerprint density at radius 3 is 3.00 bits per heavy atom. The smallest absolute Gasteiger partial charge is 0.237 e. The minimum atomic E-state index is 0. The monoisotopic (exact) mass is 217 g/mol. The molecular weight excluding hydrogens is 202 g/mol. The van der Waals surface area contributed by atoms with E-state index in [9.17, 15) is 0 Å². The first-order valence-corrected chi connectivity index (χ1v) is 4.62. The Bertz CT molecular complexity index is 294. The molecule has 1 unspecified atom stereocenters. The normalized spacial score (nSPS) is 20.6.